The van der Waals surface area contributed by atoms with E-state index in [1.54, 1.807) is 30.3 Å². The molecule has 0 atom stereocenters. The Kier molecular flexibility index (Phi) is 2.67. The SMILES string of the molecule is O=c1c2ccccc2sc2cccc(S(=O)(=O)[O-])c12. The highest BCUT2D eigenvalue weighted by atomic mass is 32.2. The van der Waals surface area contributed by atoms with E-state index < -0.39 is 20.4 Å². The van der Waals surface area contributed by atoms with Gasteiger partial charge in [-0.05, 0) is 24.3 Å². The van der Waals surface area contributed by atoms with Gasteiger partial charge in [0, 0.05) is 14.8 Å². The normalized spacial score (nSPS) is 12.1. The van der Waals surface area contributed by atoms with Crippen LogP contribution < -0.4 is 5.43 Å². The Morgan fingerprint density at radius 3 is 2.37 bits per heavy atom. The summed E-state index contributed by atoms with van der Waals surface area (Å²) in [6, 6.07) is 11.2. The van der Waals surface area contributed by atoms with Gasteiger partial charge in [0.1, 0.15) is 10.1 Å². The second-order valence-electron chi connectivity index (χ2n) is 4.01. The molecule has 0 N–H and O–H groups in total. The number of rotatable bonds is 1. The van der Waals surface area contributed by atoms with E-state index in [9.17, 15) is 17.8 Å². The lowest BCUT2D eigenvalue weighted by Crippen LogP contribution is -2.08. The summed E-state index contributed by atoms with van der Waals surface area (Å²) in [7, 11) is -4.66. The zero-order valence-corrected chi connectivity index (χ0v) is 11.1. The van der Waals surface area contributed by atoms with Gasteiger partial charge in [-0.25, -0.2) is 8.42 Å². The average molecular weight is 291 g/mol. The fourth-order valence-corrected chi connectivity index (χ4v) is 3.89. The van der Waals surface area contributed by atoms with Gasteiger partial charge in [-0.1, -0.05) is 18.2 Å². The predicted molar refractivity (Wildman–Crippen MR) is 73.6 cm³/mol. The summed E-state index contributed by atoms with van der Waals surface area (Å²) in [5.74, 6) is 0. The highest BCUT2D eigenvalue weighted by Gasteiger charge is 2.13. The molecule has 0 radical (unpaired) electrons. The van der Waals surface area contributed by atoms with Crippen LogP contribution in [0.5, 0.6) is 0 Å². The molecule has 0 bridgehead atoms. The van der Waals surface area contributed by atoms with Crippen molar-refractivity contribution in [1.82, 2.24) is 0 Å². The molecule has 1 heterocycles. The topological polar surface area (TPSA) is 74.3 Å². The van der Waals surface area contributed by atoms with Crippen LogP contribution in [0.2, 0.25) is 0 Å². The molecule has 0 saturated carbocycles. The summed E-state index contributed by atoms with van der Waals surface area (Å²) in [6.45, 7) is 0. The summed E-state index contributed by atoms with van der Waals surface area (Å²) in [5.41, 5.74) is -0.417. The molecule has 19 heavy (non-hydrogen) atoms. The van der Waals surface area contributed by atoms with Crippen LogP contribution in [0.15, 0.2) is 52.2 Å². The summed E-state index contributed by atoms with van der Waals surface area (Å²) in [4.78, 5) is 11.9. The molecular weight excluding hydrogens is 284 g/mol. The second-order valence-corrected chi connectivity index (χ2v) is 6.44. The average Bonchev–Trinajstić information content (AvgIpc) is 2.37. The smallest absolute Gasteiger partial charge is 0.197 e. The van der Waals surface area contributed by atoms with Gasteiger partial charge >= 0.3 is 0 Å². The van der Waals surface area contributed by atoms with Crippen LogP contribution in [0.3, 0.4) is 0 Å². The van der Waals surface area contributed by atoms with Crippen molar-refractivity contribution < 1.29 is 13.0 Å². The number of fused-ring (bicyclic) bond motifs is 2. The minimum absolute atomic E-state index is 0.0128. The lowest BCUT2D eigenvalue weighted by molar-refractivity contribution is 0.464. The molecule has 3 aromatic rings. The first kappa shape index (κ1) is 12.3. The summed E-state index contributed by atoms with van der Waals surface area (Å²) >= 11 is 1.29. The third-order valence-electron chi connectivity index (χ3n) is 2.84. The Labute approximate surface area is 112 Å². The van der Waals surface area contributed by atoms with Gasteiger partial charge in [-0.2, -0.15) is 0 Å². The minimum Gasteiger partial charge on any atom is -0.744 e. The Morgan fingerprint density at radius 2 is 1.63 bits per heavy atom. The van der Waals surface area contributed by atoms with Gasteiger partial charge in [0.2, 0.25) is 0 Å². The number of hydrogen-bond acceptors (Lipinski definition) is 5. The van der Waals surface area contributed by atoms with E-state index in [0.29, 0.717) is 10.1 Å². The van der Waals surface area contributed by atoms with Crippen LogP contribution in [0.4, 0.5) is 0 Å². The van der Waals surface area contributed by atoms with E-state index in [1.807, 2.05) is 0 Å². The first-order chi connectivity index (χ1) is 8.98. The van der Waals surface area contributed by atoms with Crippen molar-refractivity contribution in [2.75, 3.05) is 0 Å². The first-order valence-corrected chi connectivity index (χ1v) is 7.61. The maximum Gasteiger partial charge on any atom is 0.197 e. The fourth-order valence-electron chi connectivity index (χ4n) is 2.02. The molecule has 6 heteroatoms. The van der Waals surface area contributed by atoms with Crippen LogP contribution >= 0.6 is 11.3 Å². The Morgan fingerprint density at radius 1 is 0.947 bits per heavy atom. The van der Waals surface area contributed by atoms with Crippen LogP contribution in [-0.4, -0.2) is 13.0 Å². The van der Waals surface area contributed by atoms with E-state index in [-0.39, 0.29) is 5.39 Å². The van der Waals surface area contributed by atoms with E-state index in [4.69, 9.17) is 0 Å². The zero-order valence-electron chi connectivity index (χ0n) is 9.49. The van der Waals surface area contributed by atoms with Crippen LogP contribution in [0.25, 0.3) is 20.2 Å². The van der Waals surface area contributed by atoms with Crippen molar-refractivity contribution in [2.45, 2.75) is 4.90 Å². The summed E-state index contributed by atoms with van der Waals surface area (Å²) in [5, 5.41) is 0.414. The summed E-state index contributed by atoms with van der Waals surface area (Å²) < 4.78 is 35.0. The molecule has 0 fully saturated rings. The highest BCUT2D eigenvalue weighted by Crippen LogP contribution is 2.28. The van der Waals surface area contributed by atoms with Crippen LogP contribution in [-0.2, 0) is 10.1 Å². The molecule has 0 unspecified atom stereocenters. The molecule has 0 aliphatic heterocycles. The molecule has 0 aliphatic carbocycles. The van der Waals surface area contributed by atoms with Gasteiger partial charge < -0.3 is 4.55 Å². The van der Waals surface area contributed by atoms with E-state index >= 15 is 0 Å². The highest BCUT2D eigenvalue weighted by molar-refractivity contribution is 7.86. The van der Waals surface area contributed by atoms with Crippen LogP contribution in [0, 0.1) is 0 Å². The third-order valence-corrected chi connectivity index (χ3v) is 4.85. The molecule has 96 valence electrons. The van der Waals surface area contributed by atoms with Gasteiger partial charge in [0.25, 0.3) is 0 Å². The maximum atomic E-state index is 12.4. The predicted octanol–water partition coefficient (Wildman–Crippen LogP) is 2.32. The van der Waals surface area contributed by atoms with E-state index in [2.05, 4.69) is 0 Å². The number of benzene rings is 2. The third kappa shape index (κ3) is 1.94. The van der Waals surface area contributed by atoms with Crippen molar-refractivity contribution in [3.05, 3.63) is 52.7 Å². The standard InChI is InChI=1S/C13H8O4S2/c14-13-8-4-1-2-5-9(8)18-10-6-3-7-11(12(10)13)19(15,16)17/h1-7H,(H,15,16,17)/p-1. The van der Waals surface area contributed by atoms with Gasteiger partial charge in [-0.3, -0.25) is 4.79 Å². The molecular formula is C13H7O4S2-. The van der Waals surface area contributed by atoms with E-state index in [1.165, 1.54) is 23.5 Å². The maximum absolute atomic E-state index is 12.4. The quantitative estimate of drug-likeness (QED) is 0.509. The molecule has 2 aromatic carbocycles. The van der Waals surface area contributed by atoms with Crippen molar-refractivity contribution in [3.8, 4) is 0 Å². The Bertz CT molecular complexity index is 955. The lowest BCUT2D eigenvalue weighted by Gasteiger charge is -2.10. The second kappa shape index (κ2) is 4.12. The molecule has 0 amide bonds. The van der Waals surface area contributed by atoms with Crippen molar-refractivity contribution >= 4 is 41.6 Å². The van der Waals surface area contributed by atoms with Crippen molar-refractivity contribution in [2.24, 2.45) is 0 Å². The van der Waals surface area contributed by atoms with Crippen molar-refractivity contribution in [3.63, 3.8) is 0 Å². The largest absolute Gasteiger partial charge is 0.744 e. The van der Waals surface area contributed by atoms with Crippen LogP contribution in [0.1, 0.15) is 0 Å². The summed E-state index contributed by atoms with van der Waals surface area (Å²) in [6.07, 6.45) is 0. The van der Waals surface area contributed by atoms with E-state index in [0.717, 1.165) is 4.70 Å². The monoisotopic (exact) mass is 291 g/mol. The minimum atomic E-state index is -4.66. The molecule has 3 rings (SSSR count). The molecule has 1 aromatic heterocycles. The Hall–Kier alpha value is -1.76. The molecule has 0 aliphatic rings. The van der Waals surface area contributed by atoms with Gasteiger partial charge in [-0.15, -0.1) is 11.3 Å². The van der Waals surface area contributed by atoms with Crippen molar-refractivity contribution in [1.29, 1.82) is 0 Å². The Balaban J connectivity index is 2.65. The lowest BCUT2D eigenvalue weighted by atomic mass is 10.2. The fraction of sp³-hybridized carbons (Fsp3) is 0. The zero-order chi connectivity index (χ0) is 13.6. The van der Waals surface area contributed by atoms with Gasteiger partial charge in [0.05, 0.1) is 10.3 Å². The number of hydrogen-bond donors (Lipinski definition) is 0. The van der Waals surface area contributed by atoms with Gasteiger partial charge in [0.15, 0.2) is 5.43 Å². The molecule has 0 saturated heterocycles. The molecule has 0 spiro atoms. The first-order valence-electron chi connectivity index (χ1n) is 5.39. The molecule has 4 nitrogen and oxygen atoms in total.